The van der Waals surface area contributed by atoms with E-state index in [9.17, 15) is 9.59 Å². The van der Waals surface area contributed by atoms with E-state index < -0.39 is 0 Å². The molecule has 3 aliphatic rings. The highest BCUT2D eigenvalue weighted by atomic mass is 16.5. The number of hydrogen-bond donors (Lipinski definition) is 1. The van der Waals surface area contributed by atoms with Crippen LogP contribution in [0.5, 0.6) is 0 Å². The van der Waals surface area contributed by atoms with Gasteiger partial charge in [0.1, 0.15) is 11.9 Å². The van der Waals surface area contributed by atoms with E-state index in [0.717, 1.165) is 62.1 Å². The second-order valence-electron chi connectivity index (χ2n) is 8.00. The first kappa shape index (κ1) is 18.3. The summed E-state index contributed by atoms with van der Waals surface area (Å²) >= 11 is 0. The lowest BCUT2D eigenvalue weighted by Crippen LogP contribution is -2.37. The van der Waals surface area contributed by atoms with Gasteiger partial charge in [-0.15, -0.1) is 10.2 Å². The van der Waals surface area contributed by atoms with Gasteiger partial charge in [0.25, 0.3) is 11.8 Å². The average Bonchev–Trinajstić information content (AvgIpc) is 3.43. The van der Waals surface area contributed by atoms with Crippen LogP contribution in [-0.2, 0) is 35.5 Å². The monoisotopic (exact) mass is 395 g/mol. The zero-order valence-corrected chi connectivity index (χ0v) is 16.4. The molecule has 152 valence electrons. The van der Waals surface area contributed by atoms with Gasteiger partial charge in [0.2, 0.25) is 5.82 Å². The van der Waals surface area contributed by atoms with Gasteiger partial charge in [0, 0.05) is 38.3 Å². The Kier molecular flexibility index (Phi) is 4.79. The third-order valence-electron chi connectivity index (χ3n) is 6.05. The first-order valence-corrected chi connectivity index (χ1v) is 10.4. The Bertz CT molecular complexity index is 948. The number of nitrogens with one attached hydrogen (secondary N) is 1. The minimum atomic E-state index is -0.358. The zero-order valence-electron chi connectivity index (χ0n) is 16.4. The predicted octanol–water partition coefficient (Wildman–Crippen LogP) is 1.93. The Balaban J connectivity index is 1.31. The van der Waals surface area contributed by atoms with Gasteiger partial charge in [-0.2, -0.15) is 0 Å². The van der Waals surface area contributed by atoms with E-state index in [1.54, 1.807) is 0 Å². The summed E-state index contributed by atoms with van der Waals surface area (Å²) in [6, 6.07) is 5.94. The van der Waals surface area contributed by atoms with Crippen molar-refractivity contribution in [1.82, 2.24) is 19.7 Å². The summed E-state index contributed by atoms with van der Waals surface area (Å²) in [6.45, 7) is 2.63. The molecule has 1 aromatic carbocycles. The fourth-order valence-corrected chi connectivity index (χ4v) is 4.42. The molecule has 4 heterocycles. The Morgan fingerprint density at radius 2 is 2.00 bits per heavy atom. The Labute approximate surface area is 169 Å². The first-order valence-electron chi connectivity index (χ1n) is 10.4. The van der Waals surface area contributed by atoms with Gasteiger partial charge < -0.3 is 19.5 Å². The molecule has 0 spiro atoms. The molecule has 0 aliphatic carbocycles. The highest BCUT2D eigenvalue weighted by Gasteiger charge is 2.28. The lowest BCUT2D eigenvalue weighted by Gasteiger charge is -2.29. The van der Waals surface area contributed by atoms with Crippen LogP contribution in [0.4, 0.5) is 5.69 Å². The fraction of sp³-hybridized carbons (Fsp3) is 0.524. The summed E-state index contributed by atoms with van der Waals surface area (Å²) in [5, 5.41) is 11.3. The molecule has 1 N–H and O–H groups in total. The molecule has 0 unspecified atom stereocenters. The topological polar surface area (TPSA) is 89.4 Å². The van der Waals surface area contributed by atoms with Crippen molar-refractivity contribution >= 4 is 17.5 Å². The average molecular weight is 395 g/mol. The van der Waals surface area contributed by atoms with Crippen LogP contribution in [0, 0.1) is 0 Å². The molecule has 0 radical (unpaired) electrons. The minimum absolute atomic E-state index is 0.0647. The molecule has 3 aliphatic heterocycles. The number of aryl methyl sites for hydroxylation is 1. The second-order valence-corrected chi connectivity index (χ2v) is 8.00. The molecular formula is C21H25N5O3. The van der Waals surface area contributed by atoms with Crippen LogP contribution in [0.3, 0.4) is 0 Å². The summed E-state index contributed by atoms with van der Waals surface area (Å²) in [6.07, 6.45) is 5.17. The molecule has 29 heavy (non-hydrogen) atoms. The number of amides is 2. The van der Waals surface area contributed by atoms with Gasteiger partial charge in [-0.1, -0.05) is 6.07 Å². The highest BCUT2D eigenvalue weighted by molar-refractivity contribution is 5.94. The van der Waals surface area contributed by atoms with Crippen molar-refractivity contribution < 1.29 is 14.3 Å². The van der Waals surface area contributed by atoms with E-state index in [-0.39, 0.29) is 17.9 Å². The van der Waals surface area contributed by atoms with Crippen molar-refractivity contribution in [2.75, 3.05) is 18.5 Å². The van der Waals surface area contributed by atoms with Crippen molar-refractivity contribution in [1.29, 1.82) is 0 Å². The number of carbonyl (C=O) groups excluding carboxylic acids is 2. The van der Waals surface area contributed by atoms with E-state index in [0.29, 0.717) is 25.5 Å². The molecule has 8 heteroatoms. The summed E-state index contributed by atoms with van der Waals surface area (Å²) < 4.78 is 7.43. The van der Waals surface area contributed by atoms with Crippen LogP contribution in [0.25, 0.3) is 0 Å². The SMILES string of the molecule is O=C(Nc1ccc2c(c1)CN(C(=O)c1nnc3n1CCCC3)CC2)[C@@H]1CCCO1. The van der Waals surface area contributed by atoms with Crippen LogP contribution in [0.2, 0.25) is 0 Å². The van der Waals surface area contributed by atoms with Gasteiger partial charge >= 0.3 is 0 Å². The summed E-state index contributed by atoms with van der Waals surface area (Å²) in [7, 11) is 0. The molecular weight excluding hydrogens is 370 g/mol. The maximum atomic E-state index is 13.1. The lowest BCUT2D eigenvalue weighted by molar-refractivity contribution is -0.124. The number of aromatic nitrogens is 3. The van der Waals surface area contributed by atoms with E-state index in [2.05, 4.69) is 15.5 Å². The van der Waals surface area contributed by atoms with Gasteiger partial charge in [0.05, 0.1) is 0 Å². The number of rotatable bonds is 3. The Morgan fingerprint density at radius 3 is 2.86 bits per heavy atom. The molecule has 5 rings (SSSR count). The Morgan fingerprint density at radius 1 is 1.07 bits per heavy atom. The number of ether oxygens (including phenoxy) is 1. The van der Waals surface area contributed by atoms with Crippen LogP contribution in [0.15, 0.2) is 18.2 Å². The van der Waals surface area contributed by atoms with Crippen molar-refractivity contribution in [2.45, 2.75) is 57.7 Å². The standard InChI is InChI=1S/C21H25N5O3/c27-20(17-4-3-11-29-17)22-16-7-6-14-8-10-25(13-15(14)12-16)21(28)19-24-23-18-5-1-2-9-26(18)19/h6-7,12,17H,1-5,8-11,13H2,(H,22,27)/t17-/m0/s1. The highest BCUT2D eigenvalue weighted by Crippen LogP contribution is 2.25. The van der Waals surface area contributed by atoms with E-state index in [1.807, 2.05) is 27.7 Å². The number of benzene rings is 1. The predicted molar refractivity (Wildman–Crippen MR) is 105 cm³/mol. The Hall–Kier alpha value is -2.74. The molecule has 8 nitrogen and oxygen atoms in total. The van der Waals surface area contributed by atoms with Crippen molar-refractivity contribution in [3.63, 3.8) is 0 Å². The molecule has 0 saturated carbocycles. The van der Waals surface area contributed by atoms with Gasteiger partial charge in [-0.05, 0) is 55.4 Å². The van der Waals surface area contributed by atoms with Crippen molar-refractivity contribution in [3.05, 3.63) is 41.0 Å². The molecule has 1 fully saturated rings. The summed E-state index contributed by atoms with van der Waals surface area (Å²) in [4.78, 5) is 27.3. The summed E-state index contributed by atoms with van der Waals surface area (Å²) in [5.74, 6) is 1.20. The van der Waals surface area contributed by atoms with Crippen LogP contribution >= 0.6 is 0 Å². The van der Waals surface area contributed by atoms with E-state index in [1.165, 1.54) is 5.56 Å². The smallest absolute Gasteiger partial charge is 0.292 e. The number of carbonyl (C=O) groups is 2. The minimum Gasteiger partial charge on any atom is -0.368 e. The second kappa shape index (κ2) is 7.59. The molecule has 1 aromatic heterocycles. The van der Waals surface area contributed by atoms with Gasteiger partial charge in [-0.3, -0.25) is 9.59 Å². The van der Waals surface area contributed by atoms with Crippen molar-refractivity contribution in [3.8, 4) is 0 Å². The fourth-order valence-electron chi connectivity index (χ4n) is 4.42. The number of hydrogen-bond acceptors (Lipinski definition) is 5. The van der Waals surface area contributed by atoms with E-state index in [4.69, 9.17) is 4.74 Å². The van der Waals surface area contributed by atoms with Crippen LogP contribution in [0.1, 0.15) is 53.3 Å². The molecule has 1 saturated heterocycles. The van der Waals surface area contributed by atoms with Crippen molar-refractivity contribution in [2.24, 2.45) is 0 Å². The normalized spacial score (nSPS) is 20.8. The number of anilines is 1. The molecule has 1 atom stereocenters. The van der Waals surface area contributed by atoms with Gasteiger partial charge in [0.15, 0.2) is 0 Å². The molecule has 2 amide bonds. The maximum Gasteiger partial charge on any atom is 0.292 e. The third-order valence-corrected chi connectivity index (χ3v) is 6.05. The number of nitrogens with zero attached hydrogens (tertiary/aromatic N) is 4. The van der Waals surface area contributed by atoms with E-state index >= 15 is 0 Å². The van der Waals surface area contributed by atoms with Crippen LogP contribution in [-0.4, -0.2) is 50.7 Å². The van der Waals surface area contributed by atoms with Gasteiger partial charge in [-0.25, -0.2) is 0 Å². The zero-order chi connectivity index (χ0) is 19.8. The maximum absolute atomic E-state index is 13.1. The number of fused-ring (bicyclic) bond motifs is 2. The third kappa shape index (κ3) is 3.53. The summed E-state index contributed by atoms with van der Waals surface area (Å²) in [5.41, 5.74) is 3.03. The largest absolute Gasteiger partial charge is 0.368 e. The first-order chi connectivity index (χ1) is 14.2. The molecule has 2 aromatic rings. The lowest BCUT2D eigenvalue weighted by atomic mass is 9.98. The van der Waals surface area contributed by atoms with Crippen LogP contribution < -0.4 is 5.32 Å². The quantitative estimate of drug-likeness (QED) is 0.858. The molecule has 0 bridgehead atoms.